The quantitative estimate of drug-likeness (QED) is 0.789. The van der Waals surface area contributed by atoms with Crippen molar-refractivity contribution < 1.29 is 9.59 Å². The van der Waals surface area contributed by atoms with Gasteiger partial charge in [-0.15, -0.1) is 0 Å². The fourth-order valence-corrected chi connectivity index (χ4v) is 5.17. The molecule has 0 bridgehead atoms. The summed E-state index contributed by atoms with van der Waals surface area (Å²) in [5, 5.41) is 7.44. The lowest BCUT2D eigenvalue weighted by Crippen LogP contribution is -2.54. The van der Waals surface area contributed by atoms with E-state index in [0.717, 1.165) is 73.9 Å². The molecule has 2 heterocycles. The second kappa shape index (κ2) is 8.63. The second-order valence-electron chi connectivity index (χ2n) is 7.97. The Morgan fingerprint density at radius 2 is 1.79 bits per heavy atom. The smallest absolute Gasteiger partial charge is 0.252 e. The Morgan fingerprint density at radius 1 is 1.10 bits per heavy atom. The van der Waals surface area contributed by atoms with Crippen LogP contribution >= 0.6 is 11.3 Å². The lowest BCUT2D eigenvalue weighted by atomic mass is 9.79. The molecule has 7 heteroatoms. The molecule has 2 N–H and O–H groups in total. The number of carbonyl (C=O) groups is 2. The second-order valence-corrected chi connectivity index (χ2v) is 8.98. The van der Waals surface area contributed by atoms with E-state index in [1.54, 1.807) is 18.3 Å². The van der Waals surface area contributed by atoms with Crippen molar-refractivity contribution in [3.8, 4) is 10.4 Å². The van der Waals surface area contributed by atoms with Gasteiger partial charge in [0.1, 0.15) is 0 Å². The minimum absolute atomic E-state index is 0.0623. The zero-order valence-corrected chi connectivity index (χ0v) is 17.7. The van der Waals surface area contributed by atoms with E-state index in [0.29, 0.717) is 5.56 Å². The van der Waals surface area contributed by atoms with Gasteiger partial charge in [-0.25, -0.2) is 4.98 Å². The van der Waals surface area contributed by atoms with Gasteiger partial charge in [0, 0.05) is 37.9 Å². The van der Waals surface area contributed by atoms with Crippen LogP contribution in [-0.4, -0.2) is 48.4 Å². The predicted molar refractivity (Wildman–Crippen MR) is 117 cm³/mol. The number of aromatic nitrogens is 1. The highest BCUT2D eigenvalue weighted by atomic mass is 32.1. The summed E-state index contributed by atoms with van der Waals surface area (Å²) in [5.41, 5.74) is 0.954. The summed E-state index contributed by atoms with van der Waals surface area (Å²) in [6.07, 6.45) is 6.48. The molecule has 1 aromatic carbocycles. The number of thiazole rings is 1. The van der Waals surface area contributed by atoms with Crippen LogP contribution in [0.1, 0.15) is 49.4 Å². The highest BCUT2D eigenvalue weighted by Gasteiger charge is 2.38. The Labute approximate surface area is 175 Å². The summed E-state index contributed by atoms with van der Waals surface area (Å²) in [7, 11) is 0. The highest BCUT2D eigenvalue weighted by molar-refractivity contribution is 7.18. The van der Waals surface area contributed by atoms with E-state index in [1.807, 2.05) is 30.5 Å². The lowest BCUT2D eigenvalue weighted by Gasteiger charge is -2.35. The van der Waals surface area contributed by atoms with Crippen LogP contribution in [0.2, 0.25) is 0 Å². The number of amides is 1. The molecular formula is C22H28N4O2S. The van der Waals surface area contributed by atoms with Gasteiger partial charge in [-0.1, -0.05) is 42.7 Å². The Balaban J connectivity index is 1.45. The molecule has 0 radical (unpaired) electrons. The zero-order valence-electron chi connectivity index (χ0n) is 16.9. The number of benzene rings is 1. The molecule has 0 spiro atoms. The third-order valence-corrected chi connectivity index (χ3v) is 7.15. The minimum atomic E-state index is -0.691. The lowest BCUT2D eigenvalue weighted by molar-refractivity contribution is -0.124. The van der Waals surface area contributed by atoms with Gasteiger partial charge in [-0.05, 0) is 37.5 Å². The number of nitrogens with zero attached hydrogens (tertiary/aromatic N) is 2. The van der Waals surface area contributed by atoms with Gasteiger partial charge in [0.2, 0.25) is 0 Å². The maximum Gasteiger partial charge on any atom is 0.252 e. The number of anilines is 1. The van der Waals surface area contributed by atoms with Crippen molar-refractivity contribution in [3.63, 3.8) is 0 Å². The van der Waals surface area contributed by atoms with E-state index in [2.05, 4.69) is 20.5 Å². The molecular weight excluding hydrogens is 384 g/mol. The molecule has 0 unspecified atom stereocenters. The summed E-state index contributed by atoms with van der Waals surface area (Å²) in [5.74, 6) is -0.105. The first-order valence-electron chi connectivity index (χ1n) is 10.4. The van der Waals surface area contributed by atoms with Gasteiger partial charge in [0.25, 0.3) is 5.91 Å². The van der Waals surface area contributed by atoms with Crippen molar-refractivity contribution in [2.75, 3.05) is 31.1 Å². The third-order valence-electron chi connectivity index (χ3n) is 6.05. The van der Waals surface area contributed by atoms with Crippen molar-refractivity contribution in [1.82, 2.24) is 15.6 Å². The third kappa shape index (κ3) is 4.36. The Bertz CT molecular complexity index is 865. The van der Waals surface area contributed by atoms with Gasteiger partial charge in [0.05, 0.1) is 10.4 Å². The first kappa shape index (κ1) is 20.0. The Morgan fingerprint density at radius 3 is 2.45 bits per heavy atom. The Hall–Kier alpha value is -2.25. The molecule has 2 aromatic rings. The molecule has 0 atom stereocenters. The molecule has 2 fully saturated rings. The molecule has 154 valence electrons. The van der Waals surface area contributed by atoms with Crippen LogP contribution in [0.5, 0.6) is 0 Å². The molecule has 1 saturated carbocycles. The number of carbonyl (C=O) groups excluding carboxylic acids is 2. The standard InChI is InChI=1S/C22H28N4O2S/c1-16(27)22(9-3-2-4-10-22)25-20(28)18-7-5-17(6-8-18)19-15-24-21(29-19)26-13-11-23-12-14-26/h5-8,15,23H,2-4,9-14H2,1H3,(H,25,28). The number of hydrogen-bond donors (Lipinski definition) is 2. The summed E-state index contributed by atoms with van der Waals surface area (Å²) < 4.78 is 0. The van der Waals surface area contributed by atoms with Crippen LogP contribution in [-0.2, 0) is 4.79 Å². The van der Waals surface area contributed by atoms with Crippen molar-refractivity contribution in [2.45, 2.75) is 44.6 Å². The van der Waals surface area contributed by atoms with Crippen molar-refractivity contribution in [2.24, 2.45) is 0 Å². The van der Waals surface area contributed by atoms with Gasteiger partial charge in [0.15, 0.2) is 10.9 Å². The molecule has 1 aliphatic heterocycles. The van der Waals surface area contributed by atoms with Gasteiger partial charge in [-0.2, -0.15) is 0 Å². The van der Waals surface area contributed by atoms with E-state index >= 15 is 0 Å². The van der Waals surface area contributed by atoms with E-state index in [1.165, 1.54) is 0 Å². The molecule has 6 nitrogen and oxygen atoms in total. The molecule has 4 rings (SSSR count). The molecule has 1 amide bonds. The molecule has 1 saturated heterocycles. The normalized spacial score (nSPS) is 19.0. The number of hydrogen-bond acceptors (Lipinski definition) is 6. The van der Waals surface area contributed by atoms with E-state index in [4.69, 9.17) is 0 Å². The van der Waals surface area contributed by atoms with Gasteiger partial charge < -0.3 is 15.5 Å². The average molecular weight is 413 g/mol. The topological polar surface area (TPSA) is 74.3 Å². The largest absolute Gasteiger partial charge is 0.346 e. The van der Waals surface area contributed by atoms with E-state index < -0.39 is 5.54 Å². The van der Waals surface area contributed by atoms with Gasteiger partial charge in [-0.3, -0.25) is 9.59 Å². The first-order chi connectivity index (χ1) is 14.1. The fraction of sp³-hybridized carbons (Fsp3) is 0.500. The molecule has 2 aliphatic rings. The zero-order chi connectivity index (χ0) is 20.3. The molecule has 29 heavy (non-hydrogen) atoms. The van der Waals surface area contributed by atoms with Gasteiger partial charge >= 0.3 is 0 Å². The number of ketones is 1. The molecule has 1 aromatic heterocycles. The van der Waals surface area contributed by atoms with E-state index in [-0.39, 0.29) is 11.7 Å². The van der Waals surface area contributed by atoms with Crippen molar-refractivity contribution >= 4 is 28.2 Å². The average Bonchev–Trinajstić information content (AvgIpc) is 3.25. The van der Waals surface area contributed by atoms with Crippen molar-refractivity contribution in [3.05, 3.63) is 36.0 Å². The van der Waals surface area contributed by atoms with Crippen LogP contribution < -0.4 is 15.5 Å². The van der Waals surface area contributed by atoms with Crippen LogP contribution in [0.3, 0.4) is 0 Å². The predicted octanol–water partition coefficient (Wildman–Crippen LogP) is 3.24. The summed E-state index contributed by atoms with van der Waals surface area (Å²) in [6, 6.07) is 7.60. The van der Waals surface area contributed by atoms with E-state index in [9.17, 15) is 9.59 Å². The number of Topliss-reactive ketones (excluding diaryl/α,β-unsaturated/α-hetero) is 1. The summed E-state index contributed by atoms with van der Waals surface area (Å²) >= 11 is 1.68. The maximum absolute atomic E-state index is 12.8. The van der Waals surface area contributed by atoms with Crippen LogP contribution in [0.15, 0.2) is 30.5 Å². The number of nitrogens with one attached hydrogen (secondary N) is 2. The highest BCUT2D eigenvalue weighted by Crippen LogP contribution is 2.32. The monoisotopic (exact) mass is 412 g/mol. The van der Waals surface area contributed by atoms with Crippen LogP contribution in [0, 0.1) is 0 Å². The first-order valence-corrected chi connectivity index (χ1v) is 11.2. The fourth-order valence-electron chi connectivity index (χ4n) is 4.20. The number of rotatable bonds is 5. The van der Waals surface area contributed by atoms with Crippen molar-refractivity contribution in [1.29, 1.82) is 0 Å². The minimum Gasteiger partial charge on any atom is -0.346 e. The summed E-state index contributed by atoms with van der Waals surface area (Å²) in [6.45, 7) is 5.52. The number of piperazine rings is 1. The SMILES string of the molecule is CC(=O)C1(NC(=O)c2ccc(-c3cnc(N4CCNCC4)s3)cc2)CCCCC1. The van der Waals surface area contributed by atoms with Crippen LogP contribution in [0.4, 0.5) is 5.13 Å². The van der Waals surface area contributed by atoms with Crippen LogP contribution in [0.25, 0.3) is 10.4 Å². The maximum atomic E-state index is 12.8. The molecule has 1 aliphatic carbocycles. The summed E-state index contributed by atoms with van der Waals surface area (Å²) in [4.78, 5) is 33.0. The Kier molecular flexibility index (Phi) is 5.96.